The first-order valence-corrected chi connectivity index (χ1v) is 10.3. The molecule has 3 aromatic rings. The fraction of sp³-hybridized carbons (Fsp3) is 0.167. The molecule has 0 bridgehead atoms. The third-order valence-corrected chi connectivity index (χ3v) is 5.46. The molecule has 0 unspecified atom stereocenters. The molecule has 7 nitrogen and oxygen atoms in total. The zero-order valence-electron chi connectivity index (χ0n) is 14.5. The Morgan fingerprint density at radius 3 is 2.48 bits per heavy atom. The van der Waals surface area contributed by atoms with Gasteiger partial charge in [-0.2, -0.15) is 5.10 Å². The van der Waals surface area contributed by atoms with Gasteiger partial charge in [-0.25, -0.2) is 18.1 Å². The Morgan fingerprint density at radius 1 is 1.15 bits per heavy atom. The van der Waals surface area contributed by atoms with E-state index >= 15 is 0 Å². The third kappa shape index (κ3) is 4.93. The standard InChI is InChI=1S/C18H17ClN4O3S/c1-27(25,26)17-8-15(6-7-16(17)19)18(24)21-9-13-2-4-14(5-3-13)10-23-12-20-11-22-23/h2-8,11-12H,9-10H2,1H3,(H,21,24). The van der Waals surface area contributed by atoms with Gasteiger partial charge in [0.25, 0.3) is 5.91 Å². The van der Waals surface area contributed by atoms with Crippen LogP contribution in [0.5, 0.6) is 0 Å². The zero-order chi connectivity index (χ0) is 19.4. The van der Waals surface area contributed by atoms with Crippen molar-refractivity contribution in [3.63, 3.8) is 0 Å². The van der Waals surface area contributed by atoms with Gasteiger partial charge in [0.2, 0.25) is 0 Å². The fourth-order valence-corrected chi connectivity index (χ4v) is 3.78. The molecule has 1 amide bonds. The van der Waals surface area contributed by atoms with Crippen LogP contribution in [0.25, 0.3) is 0 Å². The maximum Gasteiger partial charge on any atom is 0.251 e. The first-order valence-electron chi connectivity index (χ1n) is 8.01. The summed E-state index contributed by atoms with van der Waals surface area (Å²) < 4.78 is 25.2. The molecule has 0 saturated heterocycles. The minimum absolute atomic E-state index is 0.0609. The third-order valence-electron chi connectivity index (χ3n) is 3.88. The highest BCUT2D eigenvalue weighted by Crippen LogP contribution is 2.22. The summed E-state index contributed by atoms with van der Waals surface area (Å²) in [5.74, 6) is -0.372. The van der Waals surface area contributed by atoms with Crippen LogP contribution in [-0.4, -0.2) is 35.3 Å². The number of hydrogen-bond donors (Lipinski definition) is 1. The Balaban J connectivity index is 1.64. The number of nitrogens with one attached hydrogen (secondary N) is 1. The van der Waals surface area contributed by atoms with Crippen LogP contribution in [0.15, 0.2) is 60.0 Å². The zero-order valence-corrected chi connectivity index (χ0v) is 16.0. The molecular formula is C18H17ClN4O3S. The van der Waals surface area contributed by atoms with Crippen molar-refractivity contribution in [2.45, 2.75) is 18.0 Å². The van der Waals surface area contributed by atoms with Gasteiger partial charge < -0.3 is 5.32 Å². The van der Waals surface area contributed by atoms with Crippen molar-refractivity contribution in [3.8, 4) is 0 Å². The number of carbonyl (C=O) groups is 1. The molecule has 9 heteroatoms. The molecule has 0 fully saturated rings. The van der Waals surface area contributed by atoms with Crippen molar-refractivity contribution in [2.75, 3.05) is 6.26 Å². The van der Waals surface area contributed by atoms with Gasteiger partial charge in [-0.15, -0.1) is 0 Å². The predicted molar refractivity (Wildman–Crippen MR) is 101 cm³/mol. The number of rotatable bonds is 6. The van der Waals surface area contributed by atoms with E-state index in [1.807, 2.05) is 24.3 Å². The van der Waals surface area contributed by atoms with Gasteiger partial charge in [0.15, 0.2) is 9.84 Å². The topological polar surface area (TPSA) is 94.0 Å². The lowest BCUT2D eigenvalue weighted by Crippen LogP contribution is -2.23. The number of aromatic nitrogens is 3. The number of amides is 1. The van der Waals surface area contributed by atoms with E-state index in [9.17, 15) is 13.2 Å². The molecule has 3 rings (SSSR count). The van der Waals surface area contributed by atoms with E-state index in [0.717, 1.165) is 17.4 Å². The van der Waals surface area contributed by atoms with Gasteiger partial charge in [-0.1, -0.05) is 35.9 Å². The molecule has 0 atom stereocenters. The number of sulfone groups is 1. The van der Waals surface area contributed by atoms with Crippen LogP contribution in [-0.2, 0) is 22.9 Å². The summed E-state index contributed by atoms with van der Waals surface area (Å²) in [6, 6.07) is 11.9. The maximum absolute atomic E-state index is 12.3. The Hall–Kier alpha value is -2.71. The molecule has 1 aromatic heterocycles. The molecule has 2 aromatic carbocycles. The van der Waals surface area contributed by atoms with E-state index in [0.29, 0.717) is 13.1 Å². The molecule has 1 heterocycles. The Labute approximate surface area is 161 Å². The molecule has 1 N–H and O–H groups in total. The van der Waals surface area contributed by atoms with E-state index in [-0.39, 0.29) is 21.4 Å². The molecule has 27 heavy (non-hydrogen) atoms. The normalized spacial score (nSPS) is 11.3. The van der Waals surface area contributed by atoms with E-state index in [1.165, 1.54) is 24.5 Å². The molecule has 0 aliphatic carbocycles. The number of nitrogens with zero attached hydrogens (tertiary/aromatic N) is 3. The molecule has 0 aliphatic heterocycles. The highest BCUT2D eigenvalue weighted by molar-refractivity contribution is 7.90. The molecule has 140 valence electrons. The summed E-state index contributed by atoms with van der Waals surface area (Å²) in [5.41, 5.74) is 2.22. The van der Waals surface area contributed by atoms with E-state index in [1.54, 1.807) is 11.0 Å². The summed E-state index contributed by atoms with van der Waals surface area (Å²) in [6.45, 7) is 0.935. The highest BCUT2D eigenvalue weighted by atomic mass is 35.5. The van der Waals surface area contributed by atoms with Crippen LogP contribution in [0.4, 0.5) is 0 Å². The molecular weight excluding hydrogens is 388 g/mol. The van der Waals surface area contributed by atoms with Gasteiger partial charge >= 0.3 is 0 Å². The van der Waals surface area contributed by atoms with Crippen molar-refractivity contribution in [1.82, 2.24) is 20.1 Å². The van der Waals surface area contributed by atoms with Gasteiger partial charge in [0, 0.05) is 18.4 Å². The average molecular weight is 405 g/mol. The predicted octanol–water partition coefficient (Wildman–Crippen LogP) is 2.31. The second-order valence-corrected chi connectivity index (χ2v) is 8.40. The summed E-state index contributed by atoms with van der Waals surface area (Å²) in [6.07, 6.45) is 4.18. The molecule has 0 spiro atoms. The lowest BCUT2D eigenvalue weighted by molar-refractivity contribution is 0.0950. The van der Waals surface area contributed by atoms with Crippen LogP contribution in [0.1, 0.15) is 21.5 Å². The average Bonchev–Trinajstić information content (AvgIpc) is 3.13. The highest BCUT2D eigenvalue weighted by Gasteiger charge is 2.15. The Kier molecular flexibility index (Phi) is 5.57. The largest absolute Gasteiger partial charge is 0.348 e. The summed E-state index contributed by atoms with van der Waals surface area (Å²) in [4.78, 5) is 16.2. The van der Waals surface area contributed by atoms with Crippen molar-refractivity contribution in [1.29, 1.82) is 0 Å². The SMILES string of the molecule is CS(=O)(=O)c1cc(C(=O)NCc2ccc(Cn3cncn3)cc2)ccc1Cl. The molecule has 0 saturated carbocycles. The fourth-order valence-electron chi connectivity index (χ4n) is 2.48. The van der Waals surface area contributed by atoms with Crippen molar-refractivity contribution < 1.29 is 13.2 Å². The molecule has 0 radical (unpaired) electrons. The van der Waals surface area contributed by atoms with Gasteiger partial charge in [0.1, 0.15) is 12.7 Å². The summed E-state index contributed by atoms with van der Waals surface area (Å²) in [7, 11) is -3.51. The lowest BCUT2D eigenvalue weighted by atomic mass is 10.1. The number of benzene rings is 2. The summed E-state index contributed by atoms with van der Waals surface area (Å²) >= 11 is 5.90. The van der Waals surface area contributed by atoms with Gasteiger partial charge in [-0.05, 0) is 29.3 Å². The van der Waals surface area contributed by atoms with Crippen LogP contribution in [0.3, 0.4) is 0 Å². The van der Waals surface area contributed by atoms with Gasteiger partial charge in [-0.3, -0.25) is 4.79 Å². The minimum atomic E-state index is -3.51. The number of carbonyl (C=O) groups excluding carboxylic acids is 1. The van der Waals surface area contributed by atoms with Crippen LogP contribution < -0.4 is 5.32 Å². The number of hydrogen-bond acceptors (Lipinski definition) is 5. The first-order chi connectivity index (χ1) is 12.8. The monoisotopic (exact) mass is 404 g/mol. The van der Waals surface area contributed by atoms with Crippen LogP contribution in [0, 0.1) is 0 Å². The van der Waals surface area contributed by atoms with Crippen molar-refractivity contribution in [2.24, 2.45) is 0 Å². The second kappa shape index (κ2) is 7.89. The lowest BCUT2D eigenvalue weighted by Gasteiger charge is -2.09. The van der Waals surface area contributed by atoms with Crippen LogP contribution in [0.2, 0.25) is 5.02 Å². The van der Waals surface area contributed by atoms with E-state index in [2.05, 4.69) is 15.4 Å². The molecule has 0 aliphatic rings. The van der Waals surface area contributed by atoms with Gasteiger partial charge in [0.05, 0.1) is 16.5 Å². The van der Waals surface area contributed by atoms with E-state index in [4.69, 9.17) is 11.6 Å². The summed E-state index contributed by atoms with van der Waals surface area (Å²) in [5, 5.41) is 6.92. The Bertz CT molecular complexity index is 1050. The maximum atomic E-state index is 12.3. The van der Waals surface area contributed by atoms with Crippen molar-refractivity contribution >= 4 is 27.3 Å². The van der Waals surface area contributed by atoms with Crippen molar-refractivity contribution in [3.05, 3.63) is 76.8 Å². The quantitative estimate of drug-likeness (QED) is 0.680. The Morgan fingerprint density at radius 2 is 1.85 bits per heavy atom. The van der Waals surface area contributed by atoms with E-state index < -0.39 is 9.84 Å². The first kappa shape index (κ1) is 19.1. The smallest absolute Gasteiger partial charge is 0.251 e. The second-order valence-electron chi connectivity index (χ2n) is 6.01. The number of halogens is 1. The van der Waals surface area contributed by atoms with Crippen LogP contribution >= 0.6 is 11.6 Å². The minimum Gasteiger partial charge on any atom is -0.348 e.